The Morgan fingerprint density at radius 3 is 2.81 bits per heavy atom. The van der Waals surface area contributed by atoms with E-state index in [2.05, 4.69) is 10.4 Å². The summed E-state index contributed by atoms with van der Waals surface area (Å²) in [5.41, 5.74) is 2.88. The molecule has 1 aromatic heterocycles. The standard InChI is InChI=1S/C12H13N3O/c1-9(16)14-12-5-3-4-10(6-12)11-7-13-15(2)8-11/h3-8H,1-2H3,(H,14,16). The van der Waals surface area contributed by atoms with Crippen LogP contribution in [0.1, 0.15) is 6.92 Å². The number of aryl methyl sites for hydroxylation is 1. The minimum absolute atomic E-state index is 0.0664. The Kier molecular flexibility index (Phi) is 2.72. The molecule has 0 unspecified atom stereocenters. The highest BCUT2D eigenvalue weighted by atomic mass is 16.1. The fourth-order valence-electron chi connectivity index (χ4n) is 1.55. The summed E-state index contributed by atoms with van der Waals surface area (Å²) in [4.78, 5) is 10.9. The van der Waals surface area contributed by atoms with Gasteiger partial charge in [-0.1, -0.05) is 12.1 Å². The zero-order chi connectivity index (χ0) is 11.5. The van der Waals surface area contributed by atoms with Crippen molar-refractivity contribution in [3.05, 3.63) is 36.7 Å². The van der Waals surface area contributed by atoms with Crippen LogP contribution in [0, 0.1) is 0 Å². The fourth-order valence-corrected chi connectivity index (χ4v) is 1.55. The van der Waals surface area contributed by atoms with Crippen LogP contribution in [0.3, 0.4) is 0 Å². The third-order valence-corrected chi connectivity index (χ3v) is 2.22. The highest BCUT2D eigenvalue weighted by Crippen LogP contribution is 2.21. The first-order chi connectivity index (χ1) is 7.65. The molecule has 82 valence electrons. The summed E-state index contributed by atoms with van der Waals surface area (Å²) in [6.45, 7) is 1.50. The molecule has 16 heavy (non-hydrogen) atoms. The van der Waals surface area contributed by atoms with Gasteiger partial charge in [0.15, 0.2) is 0 Å². The molecule has 1 aromatic carbocycles. The van der Waals surface area contributed by atoms with Crippen LogP contribution in [0.25, 0.3) is 11.1 Å². The van der Waals surface area contributed by atoms with E-state index >= 15 is 0 Å². The Balaban J connectivity index is 2.32. The van der Waals surface area contributed by atoms with E-state index in [0.717, 1.165) is 16.8 Å². The number of anilines is 1. The van der Waals surface area contributed by atoms with Crippen molar-refractivity contribution in [3.8, 4) is 11.1 Å². The molecule has 0 aliphatic carbocycles. The van der Waals surface area contributed by atoms with Crippen molar-refractivity contribution in [3.63, 3.8) is 0 Å². The van der Waals surface area contributed by atoms with E-state index in [0.29, 0.717) is 0 Å². The van der Waals surface area contributed by atoms with Gasteiger partial charge in [0.25, 0.3) is 0 Å². The van der Waals surface area contributed by atoms with Gasteiger partial charge in [-0.3, -0.25) is 9.48 Å². The van der Waals surface area contributed by atoms with Crippen LogP contribution < -0.4 is 5.32 Å². The molecule has 4 heteroatoms. The lowest BCUT2D eigenvalue weighted by atomic mass is 10.1. The highest BCUT2D eigenvalue weighted by molar-refractivity contribution is 5.89. The molecule has 1 amide bonds. The molecular weight excluding hydrogens is 202 g/mol. The summed E-state index contributed by atoms with van der Waals surface area (Å²) in [6, 6.07) is 7.69. The number of amides is 1. The molecule has 0 atom stereocenters. The van der Waals surface area contributed by atoms with E-state index in [1.54, 1.807) is 10.9 Å². The SMILES string of the molecule is CC(=O)Nc1cccc(-c2cnn(C)c2)c1. The van der Waals surface area contributed by atoms with Gasteiger partial charge in [0.1, 0.15) is 0 Å². The van der Waals surface area contributed by atoms with Crippen LogP contribution in [0.15, 0.2) is 36.7 Å². The molecule has 1 N–H and O–H groups in total. The number of benzene rings is 1. The van der Waals surface area contributed by atoms with Crippen molar-refractivity contribution < 1.29 is 4.79 Å². The molecule has 0 bridgehead atoms. The summed E-state index contributed by atoms with van der Waals surface area (Å²) in [6.07, 6.45) is 3.74. The lowest BCUT2D eigenvalue weighted by Gasteiger charge is -2.03. The summed E-state index contributed by atoms with van der Waals surface area (Å²) >= 11 is 0. The zero-order valence-corrected chi connectivity index (χ0v) is 9.27. The van der Waals surface area contributed by atoms with E-state index in [4.69, 9.17) is 0 Å². The van der Waals surface area contributed by atoms with E-state index in [1.807, 2.05) is 37.5 Å². The molecule has 1 heterocycles. The Labute approximate surface area is 93.9 Å². The van der Waals surface area contributed by atoms with Crippen LogP contribution in [0.2, 0.25) is 0 Å². The van der Waals surface area contributed by atoms with E-state index in [9.17, 15) is 4.79 Å². The van der Waals surface area contributed by atoms with Crippen LogP contribution in [0.5, 0.6) is 0 Å². The minimum atomic E-state index is -0.0664. The third kappa shape index (κ3) is 2.28. The van der Waals surface area contributed by atoms with Crippen LogP contribution in [-0.2, 0) is 11.8 Å². The van der Waals surface area contributed by atoms with E-state index < -0.39 is 0 Å². The quantitative estimate of drug-likeness (QED) is 0.833. The number of nitrogens with zero attached hydrogens (tertiary/aromatic N) is 2. The summed E-state index contributed by atoms with van der Waals surface area (Å²) in [5.74, 6) is -0.0664. The van der Waals surface area contributed by atoms with E-state index in [1.165, 1.54) is 6.92 Å². The number of carbonyl (C=O) groups excluding carboxylic acids is 1. The second kappa shape index (κ2) is 4.18. The van der Waals surface area contributed by atoms with Gasteiger partial charge in [-0.05, 0) is 17.7 Å². The summed E-state index contributed by atoms with van der Waals surface area (Å²) in [5, 5.41) is 6.87. The molecule has 4 nitrogen and oxygen atoms in total. The number of aromatic nitrogens is 2. The first-order valence-corrected chi connectivity index (χ1v) is 5.02. The Morgan fingerprint density at radius 1 is 1.38 bits per heavy atom. The summed E-state index contributed by atoms with van der Waals surface area (Å²) < 4.78 is 1.75. The molecule has 0 spiro atoms. The maximum Gasteiger partial charge on any atom is 0.221 e. The predicted octanol–water partition coefficient (Wildman–Crippen LogP) is 2.05. The van der Waals surface area contributed by atoms with Crippen molar-refractivity contribution in [1.29, 1.82) is 0 Å². The van der Waals surface area contributed by atoms with Gasteiger partial charge in [0.2, 0.25) is 5.91 Å². The third-order valence-electron chi connectivity index (χ3n) is 2.22. The molecule has 0 saturated carbocycles. The smallest absolute Gasteiger partial charge is 0.221 e. The molecule has 0 radical (unpaired) electrons. The van der Waals surface area contributed by atoms with Crippen molar-refractivity contribution >= 4 is 11.6 Å². The maximum atomic E-state index is 10.9. The normalized spacial score (nSPS) is 10.1. The highest BCUT2D eigenvalue weighted by Gasteiger charge is 2.02. The van der Waals surface area contributed by atoms with E-state index in [-0.39, 0.29) is 5.91 Å². The zero-order valence-electron chi connectivity index (χ0n) is 9.27. The van der Waals surface area contributed by atoms with Gasteiger partial charge >= 0.3 is 0 Å². The fraction of sp³-hybridized carbons (Fsp3) is 0.167. The lowest BCUT2D eigenvalue weighted by Crippen LogP contribution is -2.05. The molecule has 0 fully saturated rings. The number of nitrogens with one attached hydrogen (secondary N) is 1. The number of hydrogen-bond acceptors (Lipinski definition) is 2. The number of hydrogen-bond donors (Lipinski definition) is 1. The van der Waals surface area contributed by atoms with Crippen molar-refractivity contribution in [2.75, 3.05) is 5.32 Å². The van der Waals surface area contributed by atoms with Gasteiger partial charge in [0, 0.05) is 31.4 Å². The number of carbonyl (C=O) groups is 1. The first-order valence-electron chi connectivity index (χ1n) is 5.02. The van der Waals surface area contributed by atoms with Gasteiger partial charge in [-0.15, -0.1) is 0 Å². The van der Waals surface area contributed by atoms with Crippen LogP contribution in [0.4, 0.5) is 5.69 Å². The van der Waals surface area contributed by atoms with Crippen molar-refractivity contribution in [2.45, 2.75) is 6.92 Å². The Bertz CT molecular complexity index is 516. The van der Waals surface area contributed by atoms with Gasteiger partial charge in [0.05, 0.1) is 6.20 Å². The second-order valence-electron chi connectivity index (χ2n) is 3.66. The lowest BCUT2D eigenvalue weighted by molar-refractivity contribution is -0.114. The van der Waals surface area contributed by atoms with Gasteiger partial charge < -0.3 is 5.32 Å². The topological polar surface area (TPSA) is 46.9 Å². The van der Waals surface area contributed by atoms with Crippen LogP contribution in [-0.4, -0.2) is 15.7 Å². The second-order valence-corrected chi connectivity index (χ2v) is 3.66. The van der Waals surface area contributed by atoms with Crippen molar-refractivity contribution in [2.24, 2.45) is 7.05 Å². The number of rotatable bonds is 2. The average molecular weight is 215 g/mol. The molecule has 2 aromatic rings. The molecular formula is C12H13N3O. The molecule has 0 aliphatic rings. The molecule has 0 aliphatic heterocycles. The first kappa shape index (κ1) is 10.4. The minimum Gasteiger partial charge on any atom is -0.326 e. The Morgan fingerprint density at radius 2 is 2.19 bits per heavy atom. The van der Waals surface area contributed by atoms with Crippen LogP contribution >= 0.6 is 0 Å². The van der Waals surface area contributed by atoms with Gasteiger partial charge in [-0.2, -0.15) is 5.10 Å². The Hall–Kier alpha value is -2.10. The largest absolute Gasteiger partial charge is 0.326 e. The predicted molar refractivity (Wildman–Crippen MR) is 62.9 cm³/mol. The van der Waals surface area contributed by atoms with Gasteiger partial charge in [-0.25, -0.2) is 0 Å². The summed E-state index contributed by atoms with van der Waals surface area (Å²) in [7, 11) is 1.88. The monoisotopic (exact) mass is 215 g/mol. The van der Waals surface area contributed by atoms with Crippen molar-refractivity contribution in [1.82, 2.24) is 9.78 Å². The maximum absolute atomic E-state index is 10.9. The average Bonchev–Trinajstić information content (AvgIpc) is 2.64. The molecule has 0 saturated heterocycles. The molecule has 2 rings (SSSR count).